The number of nitrogens with zero attached hydrogens (tertiary/aromatic N) is 1. The third-order valence-electron chi connectivity index (χ3n) is 5.27. The predicted molar refractivity (Wildman–Crippen MR) is 111 cm³/mol. The predicted octanol–water partition coefficient (Wildman–Crippen LogP) is 1.28. The Labute approximate surface area is 180 Å². The number of carbonyl (C=O) groups excluding carboxylic acids is 4. The van der Waals surface area contributed by atoms with Gasteiger partial charge in [0.05, 0.1) is 30.3 Å². The van der Waals surface area contributed by atoms with Gasteiger partial charge in [0, 0.05) is 6.54 Å². The number of carbonyl (C=O) groups is 4. The SMILES string of the molecule is CCOC(=O)C1=C(COC(=O)C2CCCN2C(=O)Cc2ccccc2)NC(=O)NC1C. The summed E-state index contributed by atoms with van der Waals surface area (Å²) < 4.78 is 10.5. The van der Waals surface area contributed by atoms with Crippen LogP contribution in [0.1, 0.15) is 32.3 Å². The van der Waals surface area contributed by atoms with E-state index in [2.05, 4.69) is 10.6 Å². The summed E-state index contributed by atoms with van der Waals surface area (Å²) in [6.07, 6.45) is 1.42. The molecule has 2 aliphatic heterocycles. The second-order valence-corrected chi connectivity index (χ2v) is 7.45. The summed E-state index contributed by atoms with van der Waals surface area (Å²) in [6, 6.07) is 7.58. The highest BCUT2D eigenvalue weighted by molar-refractivity contribution is 5.95. The molecule has 2 aliphatic rings. The number of benzene rings is 1. The van der Waals surface area contributed by atoms with Gasteiger partial charge >= 0.3 is 18.0 Å². The Bertz CT molecular complexity index is 882. The largest absolute Gasteiger partial charge is 0.463 e. The van der Waals surface area contributed by atoms with E-state index in [0.29, 0.717) is 19.4 Å². The maximum Gasteiger partial charge on any atom is 0.338 e. The fourth-order valence-corrected chi connectivity index (χ4v) is 3.82. The smallest absolute Gasteiger partial charge is 0.338 e. The summed E-state index contributed by atoms with van der Waals surface area (Å²) in [4.78, 5) is 51.1. The van der Waals surface area contributed by atoms with Crippen molar-refractivity contribution >= 4 is 23.9 Å². The van der Waals surface area contributed by atoms with Gasteiger partial charge in [0.25, 0.3) is 0 Å². The van der Waals surface area contributed by atoms with Crippen LogP contribution in [0.2, 0.25) is 0 Å². The van der Waals surface area contributed by atoms with Gasteiger partial charge in [-0.15, -0.1) is 0 Å². The molecule has 0 aromatic heterocycles. The number of likely N-dealkylation sites (tertiary alicyclic amines) is 1. The number of hydrogen-bond acceptors (Lipinski definition) is 6. The number of esters is 2. The monoisotopic (exact) mass is 429 g/mol. The van der Waals surface area contributed by atoms with Crippen LogP contribution in [0.15, 0.2) is 41.6 Å². The van der Waals surface area contributed by atoms with Gasteiger partial charge in [-0.05, 0) is 32.3 Å². The van der Waals surface area contributed by atoms with Crippen LogP contribution in [-0.2, 0) is 30.3 Å². The Hall–Kier alpha value is -3.36. The number of ether oxygens (including phenoxy) is 2. The molecule has 1 aromatic carbocycles. The molecule has 2 atom stereocenters. The first-order valence-electron chi connectivity index (χ1n) is 10.4. The molecule has 3 amide bonds. The average Bonchev–Trinajstić information content (AvgIpc) is 3.22. The van der Waals surface area contributed by atoms with Crippen LogP contribution < -0.4 is 10.6 Å². The van der Waals surface area contributed by atoms with Crippen LogP contribution in [0, 0.1) is 0 Å². The van der Waals surface area contributed by atoms with Gasteiger partial charge in [-0.25, -0.2) is 14.4 Å². The van der Waals surface area contributed by atoms with Crippen molar-refractivity contribution in [3.05, 3.63) is 47.2 Å². The van der Waals surface area contributed by atoms with Crippen LogP contribution in [-0.4, -0.2) is 60.6 Å². The lowest BCUT2D eigenvalue weighted by atomic mass is 10.0. The molecule has 0 bridgehead atoms. The Morgan fingerprint density at radius 3 is 2.61 bits per heavy atom. The van der Waals surface area contributed by atoms with Gasteiger partial charge in [0.1, 0.15) is 12.6 Å². The molecule has 1 fully saturated rings. The third-order valence-corrected chi connectivity index (χ3v) is 5.27. The molecule has 0 aliphatic carbocycles. The van der Waals surface area contributed by atoms with E-state index in [9.17, 15) is 19.2 Å². The third kappa shape index (κ3) is 5.42. The highest BCUT2D eigenvalue weighted by Gasteiger charge is 2.36. The Morgan fingerprint density at radius 2 is 1.90 bits per heavy atom. The van der Waals surface area contributed by atoms with E-state index in [0.717, 1.165) is 5.56 Å². The minimum atomic E-state index is -0.683. The van der Waals surface area contributed by atoms with E-state index >= 15 is 0 Å². The van der Waals surface area contributed by atoms with Crippen molar-refractivity contribution in [1.82, 2.24) is 15.5 Å². The zero-order valence-corrected chi connectivity index (χ0v) is 17.7. The Balaban J connectivity index is 1.66. The van der Waals surface area contributed by atoms with E-state index in [-0.39, 0.29) is 36.8 Å². The molecule has 1 aromatic rings. The van der Waals surface area contributed by atoms with Gasteiger partial charge in [0.15, 0.2) is 0 Å². The molecule has 2 unspecified atom stereocenters. The molecule has 9 heteroatoms. The van der Waals surface area contributed by atoms with Crippen molar-refractivity contribution < 1.29 is 28.7 Å². The quantitative estimate of drug-likeness (QED) is 0.631. The van der Waals surface area contributed by atoms with Crippen LogP contribution in [0.4, 0.5) is 4.79 Å². The van der Waals surface area contributed by atoms with E-state index in [4.69, 9.17) is 9.47 Å². The maximum absolute atomic E-state index is 12.7. The molecule has 2 N–H and O–H groups in total. The maximum atomic E-state index is 12.7. The summed E-state index contributed by atoms with van der Waals surface area (Å²) >= 11 is 0. The van der Waals surface area contributed by atoms with Crippen LogP contribution in [0.3, 0.4) is 0 Å². The summed E-state index contributed by atoms with van der Waals surface area (Å²) in [7, 11) is 0. The highest BCUT2D eigenvalue weighted by Crippen LogP contribution is 2.21. The van der Waals surface area contributed by atoms with Crippen molar-refractivity contribution in [1.29, 1.82) is 0 Å². The Morgan fingerprint density at radius 1 is 1.16 bits per heavy atom. The fraction of sp³-hybridized carbons (Fsp3) is 0.455. The average molecular weight is 429 g/mol. The minimum Gasteiger partial charge on any atom is -0.463 e. The molecule has 31 heavy (non-hydrogen) atoms. The molecule has 0 radical (unpaired) electrons. The van der Waals surface area contributed by atoms with Crippen LogP contribution in [0.25, 0.3) is 0 Å². The molecule has 9 nitrogen and oxygen atoms in total. The summed E-state index contributed by atoms with van der Waals surface area (Å²) in [6.45, 7) is 3.70. The van der Waals surface area contributed by atoms with E-state index < -0.39 is 30.1 Å². The van der Waals surface area contributed by atoms with Gasteiger partial charge < -0.3 is 25.0 Å². The number of amides is 3. The summed E-state index contributed by atoms with van der Waals surface area (Å²) in [5, 5.41) is 5.10. The van der Waals surface area contributed by atoms with Crippen LogP contribution in [0.5, 0.6) is 0 Å². The van der Waals surface area contributed by atoms with Gasteiger partial charge in [-0.3, -0.25) is 4.79 Å². The van der Waals surface area contributed by atoms with Crippen molar-refractivity contribution in [2.45, 2.75) is 45.2 Å². The van der Waals surface area contributed by atoms with Crippen molar-refractivity contribution in [2.75, 3.05) is 19.8 Å². The van der Waals surface area contributed by atoms with Gasteiger partial charge in [0.2, 0.25) is 5.91 Å². The second kappa shape index (κ2) is 10.1. The Kier molecular flexibility index (Phi) is 7.28. The number of hydrogen-bond donors (Lipinski definition) is 2. The lowest BCUT2D eigenvalue weighted by Gasteiger charge is -2.27. The molecule has 0 saturated carbocycles. The van der Waals surface area contributed by atoms with Crippen molar-refractivity contribution in [2.24, 2.45) is 0 Å². The van der Waals surface area contributed by atoms with Crippen molar-refractivity contribution in [3.63, 3.8) is 0 Å². The van der Waals surface area contributed by atoms with E-state index in [1.807, 2.05) is 30.3 Å². The molecular formula is C22H27N3O6. The van der Waals surface area contributed by atoms with Crippen LogP contribution >= 0.6 is 0 Å². The molecule has 2 heterocycles. The number of nitrogens with one attached hydrogen (secondary N) is 2. The van der Waals surface area contributed by atoms with Gasteiger partial charge in [-0.2, -0.15) is 0 Å². The van der Waals surface area contributed by atoms with Gasteiger partial charge in [-0.1, -0.05) is 30.3 Å². The first kappa shape index (κ1) is 22.3. The van der Waals surface area contributed by atoms with E-state index in [1.54, 1.807) is 18.7 Å². The number of rotatable bonds is 7. The first-order valence-corrected chi connectivity index (χ1v) is 10.4. The second-order valence-electron chi connectivity index (χ2n) is 7.45. The first-order chi connectivity index (χ1) is 14.9. The lowest BCUT2D eigenvalue weighted by Crippen LogP contribution is -2.50. The summed E-state index contributed by atoms with van der Waals surface area (Å²) in [5.41, 5.74) is 1.27. The zero-order chi connectivity index (χ0) is 22.4. The highest BCUT2D eigenvalue weighted by atomic mass is 16.5. The van der Waals surface area contributed by atoms with E-state index in [1.165, 1.54) is 0 Å². The van der Waals surface area contributed by atoms with Crippen molar-refractivity contribution in [3.8, 4) is 0 Å². The molecule has 3 rings (SSSR count). The fourth-order valence-electron chi connectivity index (χ4n) is 3.82. The topological polar surface area (TPSA) is 114 Å². The lowest BCUT2D eigenvalue weighted by molar-refractivity contribution is -0.152. The minimum absolute atomic E-state index is 0.138. The molecule has 166 valence electrons. The normalized spacial score (nSPS) is 20.7. The molecule has 0 spiro atoms. The standard InChI is InChI=1S/C22H27N3O6/c1-3-30-21(28)19-14(2)23-22(29)24-16(19)13-31-20(27)17-10-7-11-25(17)18(26)12-15-8-5-4-6-9-15/h4-6,8-9,14,17H,3,7,10-13H2,1-2H3,(H2,23,24,29). The molecular weight excluding hydrogens is 402 g/mol. The zero-order valence-electron chi connectivity index (χ0n) is 17.7. The summed E-state index contributed by atoms with van der Waals surface area (Å²) in [5.74, 6) is -1.29. The number of urea groups is 1. The molecule has 1 saturated heterocycles.